The highest BCUT2D eigenvalue weighted by Crippen LogP contribution is 2.18. The molecule has 0 radical (unpaired) electrons. The van der Waals surface area contributed by atoms with Crippen LogP contribution in [0.15, 0.2) is 76.9 Å². The molecular weight excluding hydrogens is 382 g/mol. The van der Waals surface area contributed by atoms with E-state index < -0.39 is 0 Å². The molecule has 2 aromatic heterocycles. The second kappa shape index (κ2) is 8.41. The van der Waals surface area contributed by atoms with Gasteiger partial charge in [-0.2, -0.15) is 5.10 Å². The predicted octanol–water partition coefficient (Wildman–Crippen LogP) is 4.17. The Balaban J connectivity index is 1.79. The molecule has 0 aliphatic rings. The molecule has 2 heterocycles. The van der Waals surface area contributed by atoms with Crippen molar-refractivity contribution >= 4 is 28.0 Å². The lowest BCUT2D eigenvalue weighted by Crippen LogP contribution is -2.34. The number of fused-ring (bicyclic) bond motifs is 1. The molecule has 0 N–H and O–H groups in total. The summed E-state index contributed by atoms with van der Waals surface area (Å²) in [6, 6.07) is 20.9. The summed E-state index contributed by atoms with van der Waals surface area (Å²) >= 11 is 1.62. The van der Waals surface area contributed by atoms with E-state index in [2.05, 4.69) is 5.10 Å². The van der Waals surface area contributed by atoms with E-state index in [-0.39, 0.29) is 11.5 Å². The van der Waals surface area contributed by atoms with Crippen molar-refractivity contribution in [3.8, 4) is 0 Å². The van der Waals surface area contributed by atoms with E-state index in [4.69, 9.17) is 0 Å². The van der Waals surface area contributed by atoms with E-state index in [9.17, 15) is 9.59 Å². The Morgan fingerprint density at radius 2 is 1.72 bits per heavy atom. The van der Waals surface area contributed by atoms with Crippen LogP contribution in [0.2, 0.25) is 0 Å². The molecule has 0 aliphatic carbocycles. The van der Waals surface area contributed by atoms with Gasteiger partial charge < -0.3 is 4.90 Å². The summed E-state index contributed by atoms with van der Waals surface area (Å²) < 4.78 is 1.39. The van der Waals surface area contributed by atoms with Gasteiger partial charge in [0.15, 0.2) is 5.69 Å². The third-order valence-electron chi connectivity index (χ3n) is 4.84. The van der Waals surface area contributed by atoms with Crippen LogP contribution in [0.4, 0.5) is 0 Å². The zero-order valence-electron chi connectivity index (χ0n) is 16.1. The van der Waals surface area contributed by atoms with Crippen molar-refractivity contribution in [1.29, 1.82) is 0 Å². The number of amides is 1. The van der Waals surface area contributed by atoms with Crippen molar-refractivity contribution in [2.75, 3.05) is 6.54 Å². The van der Waals surface area contributed by atoms with E-state index in [0.29, 0.717) is 36.1 Å². The summed E-state index contributed by atoms with van der Waals surface area (Å²) in [5.41, 5.74) is 1.08. The minimum atomic E-state index is -0.192. The minimum absolute atomic E-state index is 0.168. The Labute approximate surface area is 172 Å². The summed E-state index contributed by atoms with van der Waals surface area (Å²) in [4.78, 5) is 29.2. The van der Waals surface area contributed by atoms with E-state index in [0.717, 1.165) is 10.4 Å². The van der Waals surface area contributed by atoms with Crippen molar-refractivity contribution in [1.82, 2.24) is 14.7 Å². The quantitative estimate of drug-likeness (QED) is 0.486. The lowest BCUT2D eigenvalue weighted by atomic mass is 10.1. The lowest BCUT2D eigenvalue weighted by molar-refractivity contribution is 0.0748. The molecular formula is C23H21N3O2S. The molecule has 0 spiro atoms. The molecule has 1 amide bonds. The van der Waals surface area contributed by atoms with Crippen molar-refractivity contribution in [2.45, 2.75) is 20.0 Å². The van der Waals surface area contributed by atoms with Crippen LogP contribution in [-0.4, -0.2) is 27.1 Å². The van der Waals surface area contributed by atoms with Crippen molar-refractivity contribution in [2.24, 2.45) is 0 Å². The normalized spacial score (nSPS) is 10.9. The van der Waals surface area contributed by atoms with Gasteiger partial charge in [0, 0.05) is 16.8 Å². The van der Waals surface area contributed by atoms with Crippen LogP contribution in [0.5, 0.6) is 0 Å². The molecule has 0 saturated heterocycles. The molecule has 5 nitrogen and oxygen atoms in total. The van der Waals surface area contributed by atoms with Crippen LogP contribution in [-0.2, 0) is 13.1 Å². The monoisotopic (exact) mass is 403 g/mol. The van der Waals surface area contributed by atoms with Crippen molar-refractivity contribution in [3.05, 3.63) is 98.6 Å². The number of nitrogens with zero attached hydrogens (tertiary/aromatic N) is 3. The molecule has 0 saturated carbocycles. The third-order valence-corrected chi connectivity index (χ3v) is 5.70. The number of thiophene rings is 1. The van der Waals surface area contributed by atoms with E-state index in [1.54, 1.807) is 28.4 Å². The Morgan fingerprint density at radius 3 is 2.41 bits per heavy atom. The Kier molecular flexibility index (Phi) is 5.53. The van der Waals surface area contributed by atoms with Gasteiger partial charge >= 0.3 is 0 Å². The topological polar surface area (TPSA) is 55.2 Å². The van der Waals surface area contributed by atoms with Gasteiger partial charge in [-0.3, -0.25) is 9.59 Å². The largest absolute Gasteiger partial charge is 0.332 e. The highest BCUT2D eigenvalue weighted by Gasteiger charge is 2.22. The van der Waals surface area contributed by atoms with Gasteiger partial charge in [-0.25, -0.2) is 4.68 Å². The predicted molar refractivity (Wildman–Crippen MR) is 116 cm³/mol. The molecule has 4 aromatic rings. The summed E-state index contributed by atoms with van der Waals surface area (Å²) in [7, 11) is 0. The Morgan fingerprint density at radius 1 is 1.00 bits per heavy atom. The fourth-order valence-corrected chi connectivity index (χ4v) is 4.04. The van der Waals surface area contributed by atoms with Gasteiger partial charge in [0.1, 0.15) is 0 Å². The van der Waals surface area contributed by atoms with Gasteiger partial charge in [0.25, 0.3) is 11.5 Å². The van der Waals surface area contributed by atoms with Crippen LogP contribution in [0.25, 0.3) is 10.8 Å². The van der Waals surface area contributed by atoms with E-state index in [1.807, 2.05) is 66.9 Å². The van der Waals surface area contributed by atoms with Gasteiger partial charge in [0.05, 0.1) is 18.5 Å². The summed E-state index contributed by atoms with van der Waals surface area (Å²) in [5.74, 6) is -0.168. The van der Waals surface area contributed by atoms with Crippen LogP contribution in [0.1, 0.15) is 27.9 Å². The molecule has 0 atom stereocenters. The molecule has 6 heteroatoms. The number of rotatable bonds is 6. The van der Waals surface area contributed by atoms with Gasteiger partial charge in [-0.15, -0.1) is 11.3 Å². The van der Waals surface area contributed by atoms with Crippen LogP contribution in [0.3, 0.4) is 0 Å². The van der Waals surface area contributed by atoms with E-state index >= 15 is 0 Å². The molecule has 4 rings (SSSR count). The number of carbonyl (C=O) groups is 1. The minimum Gasteiger partial charge on any atom is -0.332 e. The Bertz CT molecular complexity index is 1180. The first-order valence-electron chi connectivity index (χ1n) is 9.53. The number of benzene rings is 2. The first-order valence-corrected chi connectivity index (χ1v) is 10.4. The van der Waals surface area contributed by atoms with Crippen LogP contribution < -0.4 is 5.56 Å². The maximum Gasteiger partial charge on any atom is 0.275 e. The Hall–Kier alpha value is -3.25. The van der Waals surface area contributed by atoms with Gasteiger partial charge in [0.2, 0.25) is 0 Å². The third kappa shape index (κ3) is 3.98. The number of hydrogen-bond donors (Lipinski definition) is 0. The maximum atomic E-state index is 13.4. The van der Waals surface area contributed by atoms with Gasteiger partial charge in [-0.05, 0) is 30.0 Å². The second-order valence-corrected chi connectivity index (χ2v) is 7.77. The lowest BCUT2D eigenvalue weighted by Gasteiger charge is -2.21. The number of carbonyl (C=O) groups excluding carboxylic acids is 1. The smallest absolute Gasteiger partial charge is 0.275 e. The van der Waals surface area contributed by atoms with Crippen molar-refractivity contribution in [3.63, 3.8) is 0 Å². The van der Waals surface area contributed by atoms with Crippen molar-refractivity contribution < 1.29 is 4.79 Å². The number of hydrogen-bond acceptors (Lipinski definition) is 4. The van der Waals surface area contributed by atoms with E-state index in [1.165, 1.54) is 4.68 Å². The van der Waals surface area contributed by atoms with Gasteiger partial charge in [-0.1, -0.05) is 54.6 Å². The molecule has 0 bridgehead atoms. The van der Waals surface area contributed by atoms with Crippen LogP contribution >= 0.6 is 11.3 Å². The SMILES string of the molecule is CCN(Cc1cccs1)C(=O)c1nn(Cc2ccccc2)c(=O)c2ccccc12. The zero-order chi connectivity index (χ0) is 20.2. The standard InChI is InChI=1S/C23H21N3O2S/c1-2-25(16-18-11-8-14-29-18)23(28)21-19-12-6-7-13-20(19)22(27)26(24-21)15-17-9-4-3-5-10-17/h3-14H,2,15-16H2,1H3. The summed E-state index contributed by atoms with van der Waals surface area (Å²) in [5, 5.41) is 7.61. The average molecular weight is 404 g/mol. The molecule has 0 unspecified atom stereocenters. The summed E-state index contributed by atoms with van der Waals surface area (Å²) in [6.45, 7) is 3.36. The molecule has 0 aliphatic heterocycles. The fourth-order valence-electron chi connectivity index (χ4n) is 3.32. The second-order valence-electron chi connectivity index (χ2n) is 6.74. The highest BCUT2D eigenvalue weighted by atomic mass is 32.1. The highest BCUT2D eigenvalue weighted by molar-refractivity contribution is 7.09. The first-order chi connectivity index (χ1) is 14.2. The summed E-state index contributed by atoms with van der Waals surface area (Å²) in [6.07, 6.45) is 0. The molecule has 2 aromatic carbocycles. The molecule has 146 valence electrons. The fraction of sp³-hybridized carbons (Fsp3) is 0.174. The zero-order valence-corrected chi connectivity index (χ0v) is 16.9. The first kappa shape index (κ1) is 19.1. The maximum absolute atomic E-state index is 13.4. The average Bonchev–Trinajstić information content (AvgIpc) is 3.27. The molecule has 29 heavy (non-hydrogen) atoms. The number of aromatic nitrogens is 2. The molecule has 0 fully saturated rings. The van der Waals surface area contributed by atoms with Crippen LogP contribution in [0, 0.1) is 0 Å².